The third-order valence-electron chi connectivity index (χ3n) is 4.63. The van der Waals surface area contributed by atoms with Crippen molar-refractivity contribution in [3.05, 3.63) is 30.1 Å². The molecule has 0 aromatic carbocycles. The van der Waals surface area contributed by atoms with Gasteiger partial charge in [0.15, 0.2) is 0 Å². The van der Waals surface area contributed by atoms with Crippen molar-refractivity contribution in [3.8, 4) is 0 Å². The smallest absolute Gasteiger partial charge is 0.221 e. The molecule has 1 saturated carbocycles. The van der Waals surface area contributed by atoms with Gasteiger partial charge in [-0.25, -0.2) is 0 Å². The second-order valence-corrected chi connectivity index (χ2v) is 6.45. The number of aromatic nitrogens is 1. The molecule has 6 heteroatoms. The van der Waals surface area contributed by atoms with E-state index in [0.717, 1.165) is 38.1 Å². The molecule has 6 nitrogen and oxygen atoms in total. The van der Waals surface area contributed by atoms with Gasteiger partial charge in [-0.3, -0.25) is 14.6 Å². The van der Waals surface area contributed by atoms with Crippen molar-refractivity contribution in [2.45, 2.75) is 44.2 Å². The first-order valence-electron chi connectivity index (χ1n) is 8.46. The average Bonchev–Trinajstić information content (AvgIpc) is 3.04. The molecule has 3 rings (SSSR count). The Hall–Kier alpha value is -1.50. The largest absolute Gasteiger partial charge is 0.393 e. The summed E-state index contributed by atoms with van der Waals surface area (Å²) in [6.45, 7) is 2.29. The second-order valence-electron chi connectivity index (χ2n) is 6.45. The highest BCUT2D eigenvalue weighted by molar-refractivity contribution is 5.76. The molecule has 1 aromatic rings. The fourth-order valence-electron chi connectivity index (χ4n) is 3.22. The van der Waals surface area contributed by atoms with Crippen LogP contribution in [0.5, 0.6) is 0 Å². The van der Waals surface area contributed by atoms with Crippen LogP contribution in [0.15, 0.2) is 24.4 Å². The molecule has 1 amide bonds. The molecule has 1 saturated heterocycles. The lowest BCUT2D eigenvalue weighted by atomic mass is 9.76. The Kier molecular flexibility index (Phi) is 5.59. The molecule has 23 heavy (non-hydrogen) atoms. The van der Waals surface area contributed by atoms with Crippen LogP contribution in [0.4, 0.5) is 0 Å². The van der Waals surface area contributed by atoms with Crippen molar-refractivity contribution in [1.29, 1.82) is 0 Å². The fourth-order valence-corrected chi connectivity index (χ4v) is 3.22. The number of hydroxylamine groups is 2. The van der Waals surface area contributed by atoms with Gasteiger partial charge in [-0.15, -0.1) is 0 Å². The van der Waals surface area contributed by atoms with Crippen molar-refractivity contribution in [2.75, 3.05) is 19.7 Å². The topological polar surface area (TPSA) is 74.7 Å². The van der Waals surface area contributed by atoms with Gasteiger partial charge in [0.25, 0.3) is 0 Å². The second kappa shape index (κ2) is 7.86. The summed E-state index contributed by atoms with van der Waals surface area (Å²) < 4.78 is 0. The standard InChI is InChI=1S/C17H25N3O3/c21-15-10-13(11-15)16(12-14-4-1-2-6-18-14)19-17(22)5-8-20-7-3-9-23-20/h1-2,4,6,13,15-16,21H,3,5,7-12H2,(H,19,22)/t13?,15?,16-/m0/s1. The molecule has 2 N–H and O–H groups in total. The number of aliphatic hydroxyl groups excluding tert-OH is 1. The van der Waals surface area contributed by atoms with Gasteiger partial charge in [0.2, 0.25) is 5.91 Å². The third-order valence-corrected chi connectivity index (χ3v) is 4.63. The van der Waals surface area contributed by atoms with Crippen LogP contribution in [0, 0.1) is 5.92 Å². The first-order chi connectivity index (χ1) is 11.2. The van der Waals surface area contributed by atoms with E-state index >= 15 is 0 Å². The number of pyridine rings is 1. The van der Waals surface area contributed by atoms with E-state index in [1.807, 2.05) is 23.3 Å². The van der Waals surface area contributed by atoms with Crippen molar-refractivity contribution < 1.29 is 14.7 Å². The first-order valence-corrected chi connectivity index (χ1v) is 8.46. The van der Waals surface area contributed by atoms with Crippen LogP contribution in [0.2, 0.25) is 0 Å². The summed E-state index contributed by atoms with van der Waals surface area (Å²) in [6, 6.07) is 5.87. The van der Waals surface area contributed by atoms with Crippen LogP contribution in [-0.2, 0) is 16.1 Å². The van der Waals surface area contributed by atoms with Crippen molar-refractivity contribution in [2.24, 2.45) is 5.92 Å². The Morgan fingerprint density at radius 3 is 3.00 bits per heavy atom. The molecule has 1 aliphatic heterocycles. The summed E-state index contributed by atoms with van der Waals surface area (Å²) >= 11 is 0. The van der Waals surface area contributed by atoms with Crippen molar-refractivity contribution in [1.82, 2.24) is 15.4 Å². The van der Waals surface area contributed by atoms with Crippen LogP contribution < -0.4 is 5.32 Å². The lowest BCUT2D eigenvalue weighted by Gasteiger charge is -2.38. The molecule has 2 heterocycles. The molecule has 2 aliphatic rings. The number of hydrogen-bond donors (Lipinski definition) is 2. The molecule has 126 valence electrons. The van der Waals surface area contributed by atoms with Crippen LogP contribution in [-0.4, -0.2) is 52.9 Å². The minimum Gasteiger partial charge on any atom is -0.393 e. The van der Waals surface area contributed by atoms with Gasteiger partial charge in [0.1, 0.15) is 0 Å². The zero-order chi connectivity index (χ0) is 16.1. The monoisotopic (exact) mass is 319 g/mol. The van der Waals surface area contributed by atoms with Crippen LogP contribution >= 0.6 is 0 Å². The predicted molar refractivity (Wildman–Crippen MR) is 85.4 cm³/mol. The summed E-state index contributed by atoms with van der Waals surface area (Å²) in [7, 11) is 0. The highest BCUT2D eigenvalue weighted by atomic mass is 16.7. The van der Waals surface area contributed by atoms with Crippen LogP contribution in [0.3, 0.4) is 0 Å². The Labute approximate surface area is 136 Å². The zero-order valence-corrected chi connectivity index (χ0v) is 13.4. The number of aliphatic hydroxyl groups is 1. The molecule has 0 radical (unpaired) electrons. The first kappa shape index (κ1) is 16.4. The van der Waals surface area contributed by atoms with Gasteiger partial charge in [-0.2, -0.15) is 5.06 Å². The number of nitrogens with one attached hydrogen (secondary N) is 1. The highest BCUT2D eigenvalue weighted by Crippen LogP contribution is 2.31. The minimum atomic E-state index is -0.221. The number of carbonyl (C=O) groups excluding carboxylic acids is 1. The summed E-state index contributed by atoms with van der Waals surface area (Å²) in [5.41, 5.74) is 0.974. The maximum atomic E-state index is 12.3. The maximum absolute atomic E-state index is 12.3. The van der Waals surface area contributed by atoms with E-state index in [0.29, 0.717) is 25.3 Å². The maximum Gasteiger partial charge on any atom is 0.221 e. The summed E-state index contributed by atoms with van der Waals surface area (Å²) in [5.74, 6) is 0.377. The van der Waals surface area contributed by atoms with Crippen LogP contribution in [0.25, 0.3) is 0 Å². The van der Waals surface area contributed by atoms with E-state index in [2.05, 4.69) is 10.3 Å². The molecule has 1 atom stereocenters. The van der Waals surface area contributed by atoms with Crippen LogP contribution in [0.1, 0.15) is 31.4 Å². The molecular formula is C17H25N3O3. The lowest BCUT2D eigenvalue weighted by Crippen LogP contribution is -2.48. The quantitative estimate of drug-likeness (QED) is 0.781. The number of amides is 1. The normalized spacial score (nSPS) is 25.8. The van der Waals surface area contributed by atoms with Crippen molar-refractivity contribution >= 4 is 5.91 Å². The fraction of sp³-hybridized carbons (Fsp3) is 0.647. The van der Waals surface area contributed by atoms with E-state index in [1.165, 1.54) is 0 Å². The van der Waals surface area contributed by atoms with Gasteiger partial charge in [-0.05, 0) is 37.3 Å². The Bertz CT molecular complexity index is 499. The minimum absolute atomic E-state index is 0.0419. The van der Waals surface area contributed by atoms with E-state index in [1.54, 1.807) is 6.20 Å². The molecule has 0 bridgehead atoms. The SMILES string of the molecule is O=C(CCN1CCCO1)N[C@@H](Cc1ccccn1)C1CC(O)C1. The predicted octanol–water partition coefficient (Wildman–Crippen LogP) is 0.907. The third kappa shape index (κ3) is 4.73. The Balaban J connectivity index is 1.51. The van der Waals surface area contributed by atoms with Gasteiger partial charge >= 0.3 is 0 Å². The molecular weight excluding hydrogens is 294 g/mol. The zero-order valence-electron chi connectivity index (χ0n) is 13.4. The summed E-state index contributed by atoms with van der Waals surface area (Å²) in [5, 5.41) is 14.6. The number of nitrogens with zero attached hydrogens (tertiary/aromatic N) is 2. The van der Waals surface area contributed by atoms with E-state index in [-0.39, 0.29) is 18.1 Å². The van der Waals surface area contributed by atoms with Gasteiger partial charge < -0.3 is 10.4 Å². The number of hydrogen-bond acceptors (Lipinski definition) is 5. The average molecular weight is 319 g/mol. The van der Waals surface area contributed by atoms with E-state index in [4.69, 9.17) is 4.84 Å². The number of rotatable bonds is 7. The van der Waals surface area contributed by atoms with Gasteiger partial charge in [0.05, 0.1) is 12.7 Å². The van der Waals surface area contributed by atoms with Crippen molar-refractivity contribution in [3.63, 3.8) is 0 Å². The van der Waals surface area contributed by atoms with Gasteiger partial charge in [0, 0.05) is 43.9 Å². The molecule has 1 aliphatic carbocycles. The highest BCUT2D eigenvalue weighted by Gasteiger charge is 2.35. The summed E-state index contributed by atoms with van der Waals surface area (Å²) in [4.78, 5) is 22.0. The van der Waals surface area contributed by atoms with E-state index < -0.39 is 0 Å². The molecule has 0 unspecified atom stereocenters. The van der Waals surface area contributed by atoms with Gasteiger partial charge in [-0.1, -0.05) is 6.07 Å². The Morgan fingerprint density at radius 1 is 1.48 bits per heavy atom. The van der Waals surface area contributed by atoms with E-state index in [9.17, 15) is 9.90 Å². The summed E-state index contributed by atoms with van der Waals surface area (Å²) in [6.07, 6.45) is 5.25. The number of carbonyl (C=O) groups is 1. The lowest BCUT2D eigenvalue weighted by molar-refractivity contribution is -0.131. The molecule has 1 aromatic heterocycles. The molecule has 2 fully saturated rings. The molecule has 0 spiro atoms. The Morgan fingerprint density at radius 2 is 2.35 bits per heavy atom.